The second-order valence-electron chi connectivity index (χ2n) is 5.92. The highest BCUT2D eigenvalue weighted by Crippen LogP contribution is 2.29. The molecule has 2 aromatic rings. The zero-order chi connectivity index (χ0) is 18.0. The topological polar surface area (TPSA) is 82.6 Å². The van der Waals surface area contributed by atoms with Gasteiger partial charge in [-0.25, -0.2) is 13.2 Å². The molecule has 134 valence electrons. The van der Waals surface area contributed by atoms with Crippen LogP contribution in [0.2, 0.25) is 0 Å². The third-order valence-corrected chi connectivity index (χ3v) is 6.21. The lowest BCUT2D eigenvalue weighted by atomic mass is 10.2. The van der Waals surface area contributed by atoms with Crippen molar-refractivity contribution < 1.29 is 13.2 Å². The lowest BCUT2D eigenvalue weighted by molar-refractivity contribution is 0.184. The fourth-order valence-corrected chi connectivity index (χ4v) is 4.24. The second kappa shape index (κ2) is 7.11. The molecule has 0 aromatic carbocycles. The molecule has 9 heteroatoms. The van der Waals surface area contributed by atoms with Crippen molar-refractivity contribution in [2.75, 3.05) is 37.8 Å². The SMILES string of the molecule is Cc1cc(-c2ncccc2NC(=O)N2CCN(S(C)(=O)=O)CC2)cs1. The first-order valence-corrected chi connectivity index (χ1v) is 10.6. The van der Waals surface area contributed by atoms with Crippen LogP contribution in [0.4, 0.5) is 10.5 Å². The van der Waals surface area contributed by atoms with Gasteiger partial charge in [-0.3, -0.25) is 4.98 Å². The summed E-state index contributed by atoms with van der Waals surface area (Å²) >= 11 is 1.63. The molecule has 1 saturated heterocycles. The molecule has 3 rings (SSSR count). The number of carbonyl (C=O) groups is 1. The highest BCUT2D eigenvalue weighted by Gasteiger charge is 2.26. The summed E-state index contributed by atoms with van der Waals surface area (Å²) < 4.78 is 24.5. The fraction of sp³-hybridized carbons (Fsp3) is 0.375. The lowest BCUT2D eigenvalue weighted by Crippen LogP contribution is -2.51. The number of anilines is 1. The number of pyridine rings is 1. The number of sulfonamides is 1. The van der Waals surface area contributed by atoms with Crippen molar-refractivity contribution in [2.45, 2.75) is 6.92 Å². The number of nitrogens with zero attached hydrogens (tertiary/aromatic N) is 3. The van der Waals surface area contributed by atoms with E-state index in [2.05, 4.69) is 10.3 Å². The van der Waals surface area contributed by atoms with Crippen LogP contribution in [0, 0.1) is 6.92 Å². The maximum Gasteiger partial charge on any atom is 0.321 e. The van der Waals surface area contributed by atoms with Crippen LogP contribution in [0.3, 0.4) is 0 Å². The first kappa shape index (κ1) is 17.8. The van der Waals surface area contributed by atoms with Gasteiger partial charge in [-0.1, -0.05) is 0 Å². The van der Waals surface area contributed by atoms with Crippen LogP contribution < -0.4 is 5.32 Å². The van der Waals surface area contributed by atoms with Gasteiger partial charge in [-0.2, -0.15) is 4.31 Å². The van der Waals surface area contributed by atoms with Crippen LogP contribution >= 0.6 is 11.3 Å². The predicted molar refractivity (Wildman–Crippen MR) is 99.3 cm³/mol. The third kappa shape index (κ3) is 4.17. The predicted octanol–water partition coefficient (Wildman–Crippen LogP) is 2.23. The summed E-state index contributed by atoms with van der Waals surface area (Å²) in [5.41, 5.74) is 2.35. The monoisotopic (exact) mass is 380 g/mol. The average molecular weight is 380 g/mol. The summed E-state index contributed by atoms with van der Waals surface area (Å²) in [5.74, 6) is 0. The summed E-state index contributed by atoms with van der Waals surface area (Å²) in [6.45, 7) is 3.39. The van der Waals surface area contributed by atoms with E-state index in [0.29, 0.717) is 31.9 Å². The van der Waals surface area contributed by atoms with E-state index in [1.165, 1.54) is 15.4 Å². The van der Waals surface area contributed by atoms with Crippen molar-refractivity contribution in [1.82, 2.24) is 14.2 Å². The molecule has 0 atom stereocenters. The molecule has 1 N–H and O–H groups in total. The minimum atomic E-state index is -3.21. The van der Waals surface area contributed by atoms with Gasteiger partial charge in [0.25, 0.3) is 0 Å². The minimum Gasteiger partial charge on any atom is -0.322 e. The molecule has 0 bridgehead atoms. The Morgan fingerprint density at radius 2 is 2.00 bits per heavy atom. The number of amides is 2. The number of thiophene rings is 1. The summed E-state index contributed by atoms with van der Waals surface area (Å²) in [6, 6.07) is 5.39. The normalized spacial score (nSPS) is 16.0. The van der Waals surface area contributed by atoms with E-state index < -0.39 is 10.0 Å². The molecule has 0 unspecified atom stereocenters. The zero-order valence-corrected chi connectivity index (χ0v) is 15.7. The summed E-state index contributed by atoms with van der Waals surface area (Å²) in [7, 11) is -3.21. The van der Waals surface area contributed by atoms with Crippen LogP contribution in [-0.4, -0.2) is 61.1 Å². The van der Waals surface area contributed by atoms with E-state index in [1.54, 1.807) is 28.5 Å². The molecule has 2 amide bonds. The maximum absolute atomic E-state index is 12.5. The van der Waals surface area contributed by atoms with Crippen LogP contribution in [0.5, 0.6) is 0 Å². The molecule has 3 heterocycles. The molecule has 7 nitrogen and oxygen atoms in total. The summed E-state index contributed by atoms with van der Waals surface area (Å²) in [6.07, 6.45) is 2.89. The molecule has 1 aliphatic rings. The summed E-state index contributed by atoms with van der Waals surface area (Å²) in [4.78, 5) is 19.7. The van der Waals surface area contributed by atoms with E-state index in [4.69, 9.17) is 0 Å². The van der Waals surface area contributed by atoms with Gasteiger partial charge in [-0.05, 0) is 25.1 Å². The van der Waals surface area contributed by atoms with Crippen LogP contribution in [-0.2, 0) is 10.0 Å². The number of urea groups is 1. The Kier molecular flexibility index (Phi) is 5.07. The smallest absolute Gasteiger partial charge is 0.321 e. The van der Waals surface area contributed by atoms with Crippen LogP contribution in [0.25, 0.3) is 11.3 Å². The number of hydrogen-bond donors (Lipinski definition) is 1. The average Bonchev–Trinajstić information content (AvgIpc) is 3.01. The minimum absolute atomic E-state index is 0.241. The van der Waals surface area contributed by atoms with Crippen molar-refractivity contribution >= 4 is 33.1 Å². The Bertz CT molecular complexity index is 871. The van der Waals surface area contributed by atoms with Crippen molar-refractivity contribution in [3.63, 3.8) is 0 Å². The van der Waals surface area contributed by atoms with Crippen molar-refractivity contribution in [3.05, 3.63) is 34.7 Å². The van der Waals surface area contributed by atoms with Gasteiger partial charge < -0.3 is 10.2 Å². The van der Waals surface area contributed by atoms with Crippen LogP contribution in [0.15, 0.2) is 29.8 Å². The van der Waals surface area contributed by atoms with Gasteiger partial charge in [0.1, 0.15) is 0 Å². The highest BCUT2D eigenvalue weighted by molar-refractivity contribution is 7.88. The Morgan fingerprint density at radius 1 is 1.28 bits per heavy atom. The Morgan fingerprint density at radius 3 is 2.60 bits per heavy atom. The summed E-state index contributed by atoms with van der Waals surface area (Å²) in [5, 5.41) is 4.91. The van der Waals surface area contributed by atoms with E-state index in [0.717, 1.165) is 11.3 Å². The number of rotatable bonds is 3. The first-order chi connectivity index (χ1) is 11.8. The molecule has 25 heavy (non-hydrogen) atoms. The number of nitrogens with one attached hydrogen (secondary N) is 1. The maximum atomic E-state index is 12.5. The Labute approximate surface area is 151 Å². The molecular formula is C16H20N4O3S2. The number of hydrogen-bond acceptors (Lipinski definition) is 5. The number of piperazine rings is 1. The third-order valence-electron chi connectivity index (χ3n) is 4.05. The molecule has 1 aliphatic heterocycles. The standard InChI is InChI=1S/C16H20N4O3S2/c1-12-10-13(11-24-12)15-14(4-3-5-17-15)18-16(21)19-6-8-20(9-7-19)25(2,22)23/h3-5,10-11H,6-9H2,1-2H3,(H,18,21). The molecule has 1 fully saturated rings. The largest absolute Gasteiger partial charge is 0.322 e. The van der Waals surface area contributed by atoms with Crippen molar-refractivity contribution in [3.8, 4) is 11.3 Å². The second-order valence-corrected chi connectivity index (χ2v) is 9.02. The molecule has 0 radical (unpaired) electrons. The van der Waals surface area contributed by atoms with E-state index in [1.807, 2.05) is 24.4 Å². The highest BCUT2D eigenvalue weighted by atomic mass is 32.2. The lowest BCUT2D eigenvalue weighted by Gasteiger charge is -2.33. The molecule has 0 spiro atoms. The Hall–Kier alpha value is -1.97. The molecule has 2 aromatic heterocycles. The van der Waals surface area contributed by atoms with Gasteiger partial charge in [-0.15, -0.1) is 11.3 Å². The van der Waals surface area contributed by atoms with E-state index >= 15 is 0 Å². The first-order valence-electron chi connectivity index (χ1n) is 7.86. The van der Waals surface area contributed by atoms with Gasteiger partial charge in [0, 0.05) is 48.2 Å². The van der Waals surface area contributed by atoms with Gasteiger partial charge in [0.2, 0.25) is 10.0 Å². The van der Waals surface area contributed by atoms with E-state index in [9.17, 15) is 13.2 Å². The van der Waals surface area contributed by atoms with Gasteiger partial charge >= 0.3 is 6.03 Å². The number of aromatic nitrogens is 1. The molecule has 0 aliphatic carbocycles. The number of aryl methyl sites for hydroxylation is 1. The van der Waals surface area contributed by atoms with Gasteiger partial charge in [0.15, 0.2) is 0 Å². The fourth-order valence-electron chi connectivity index (χ4n) is 2.72. The van der Waals surface area contributed by atoms with Gasteiger partial charge in [0.05, 0.1) is 17.6 Å². The molecular weight excluding hydrogens is 360 g/mol. The molecule has 0 saturated carbocycles. The zero-order valence-electron chi connectivity index (χ0n) is 14.1. The quantitative estimate of drug-likeness (QED) is 0.885. The van der Waals surface area contributed by atoms with Crippen molar-refractivity contribution in [2.24, 2.45) is 0 Å². The number of carbonyl (C=O) groups excluding carboxylic acids is 1. The van der Waals surface area contributed by atoms with Crippen molar-refractivity contribution in [1.29, 1.82) is 0 Å². The van der Waals surface area contributed by atoms with E-state index in [-0.39, 0.29) is 6.03 Å². The van der Waals surface area contributed by atoms with Crippen LogP contribution in [0.1, 0.15) is 4.88 Å². The Balaban J connectivity index is 1.70.